The van der Waals surface area contributed by atoms with Gasteiger partial charge < -0.3 is 10.2 Å². The first-order valence-corrected chi connectivity index (χ1v) is 16.9. The van der Waals surface area contributed by atoms with Crippen LogP contribution in [0, 0.1) is 6.92 Å². The molecule has 0 bridgehead atoms. The quantitative estimate of drug-likeness (QED) is 0.154. The zero-order valence-corrected chi connectivity index (χ0v) is 27.4. The van der Waals surface area contributed by atoms with Crippen LogP contribution in [-0.2, 0) is 32.6 Å². The molecule has 0 saturated carbocycles. The zero-order valence-electron chi connectivity index (χ0n) is 25.0. The maximum atomic E-state index is 14.4. The molecule has 0 saturated heterocycles. The van der Waals surface area contributed by atoms with Crippen molar-refractivity contribution >= 4 is 43.5 Å². The van der Waals surface area contributed by atoms with Gasteiger partial charge in [-0.15, -0.1) is 0 Å². The molecule has 1 N–H and O–H groups in total. The number of benzene rings is 4. The topological polar surface area (TPSA) is 86.8 Å². The molecule has 0 unspecified atom stereocenters. The number of halogens is 1. The van der Waals surface area contributed by atoms with Crippen molar-refractivity contribution in [3.63, 3.8) is 0 Å². The number of nitrogens with zero attached hydrogens (tertiary/aromatic N) is 2. The van der Waals surface area contributed by atoms with Crippen LogP contribution in [-0.4, -0.2) is 44.3 Å². The highest BCUT2D eigenvalue weighted by molar-refractivity contribution is 9.10. The summed E-state index contributed by atoms with van der Waals surface area (Å²) in [6.07, 6.45) is 1.99. The first-order chi connectivity index (χ1) is 21.2. The molecular weight excluding hydrogens is 638 g/mol. The van der Waals surface area contributed by atoms with Crippen LogP contribution >= 0.6 is 15.9 Å². The third-order valence-corrected chi connectivity index (χ3v) is 9.62. The molecule has 230 valence electrons. The Balaban J connectivity index is 1.76. The minimum Gasteiger partial charge on any atom is -0.354 e. The minimum absolute atomic E-state index is 0.0809. The van der Waals surface area contributed by atoms with Gasteiger partial charge in [0, 0.05) is 24.0 Å². The lowest BCUT2D eigenvalue weighted by molar-refractivity contribution is -0.140. The number of unbranched alkanes of at least 4 members (excludes halogenated alkanes) is 1. The van der Waals surface area contributed by atoms with E-state index in [0.717, 1.165) is 38.3 Å². The summed E-state index contributed by atoms with van der Waals surface area (Å²) in [5.74, 6) is -0.764. The Morgan fingerprint density at radius 1 is 0.818 bits per heavy atom. The van der Waals surface area contributed by atoms with E-state index in [1.165, 1.54) is 4.90 Å². The summed E-state index contributed by atoms with van der Waals surface area (Å²) < 4.78 is 30.1. The van der Waals surface area contributed by atoms with Gasteiger partial charge in [-0.3, -0.25) is 13.9 Å². The van der Waals surface area contributed by atoms with Crippen molar-refractivity contribution in [2.24, 2.45) is 0 Å². The molecule has 0 aliphatic rings. The summed E-state index contributed by atoms with van der Waals surface area (Å²) in [6.45, 7) is 4.05. The molecule has 4 rings (SSSR count). The van der Waals surface area contributed by atoms with Crippen LogP contribution in [0.25, 0.3) is 0 Å². The van der Waals surface area contributed by atoms with Gasteiger partial charge in [0.2, 0.25) is 11.8 Å². The van der Waals surface area contributed by atoms with E-state index < -0.39 is 28.5 Å². The first kappa shape index (κ1) is 33.0. The number of nitrogens with one attached hydrogen (secondary N) is 1. The van der Waals surface area contributed by atoms with E-state index in [1.54, 1.807) is 54.6 Å². The first-order valence-electron chi connectivity index (χ1n) is 14.7. The number of hydrogen-bond donors (Lipinski definition) is 1. The number of carbonyl (C=O) groups is 2. The molecule has 0 heterocycles. The van der Waals surface area contributed by atoms with Crippen LogP contribution in [0.15, 0.2) is 119 Å². The molecule has 7 nitrogen and oxygen atoms in total. The van der Waals surface area contributed by atoms with Crippen LogP contribution in [0.5, 0.6) is 0 Å². The van der Waals surface area contributed by atoms with Crippen LogP contribution in [0.1, 0.15) is 36.5 Å². The minimum atomic E-state index is -4.12. The Bertz CT molecular complexity index is 1610. The second-order valence-corrected chi connectivity index (χ2v) is 13.4. The van der Waals surface area contributed by atoms with Gasteiger partial charge in [0.15, 0.2) is 0 Å². The number of carbonyl (C=O) groups excluding carboxylic acids is 2. The molecule has 0 spiro atoms. The SMILES string of the molecule is CCCCNC(=O)[C@@H](Cc1ccccc1)N(Cc1ccc(Br)cc1)C(=O)CN(c1ccccc1)S(=O)(=O)c1ccc(C)cc1. The second-order valence-electron chi connectivity index (χ2n) is 10.7. The third kappa shape index (κ3) is 8.80. The molecule has 1 atom stereocenters. The van der Waals surface area contributed by atoms with Crippen LogP contribution in [0.2, 0.25) is 0 Å². The third-order valence-electron chi connectivity index (χ3n) is 7.30. The molecule has 0 aromatic heterocycles. The van der Waals surface area contributed by atoms with Gasteiger partial charge in [-0.1, -0.05) is 108 Å². The van der Waals surface area contributed by atoms with Gasteiger partial charge in [0.25, 0.3) is 10.0 Å². The van der Waals surface area contributed by atoms with Crippen molar-refractivity contribution in [2.75, 3.05) is 17.4 Å². The lowest BCUT2D eigenvalue weighted by Crippen LogP contribution is -2.53. The average molecular weight is 677 g/mol. The predicted molar refractivity (Wildman–Crippen MR) is 179 cm³/mol. The van der Waals surface area contributed by atoms with Gasteiger partial charge >= 0.3 is 0 Å². The number of rotatable bonds is 14. The van der Waals surface area contributed by atoms with E-state index in [0.29, 0.717) is 12.2 Å². The van der Waals surface area contributed by atoms with Crippen molar-refractivity contribution in [1.29, 1.82) is 0 Å². The number of hydrogen-bond acceptors (Lipinski definition) is 4. The Labute approximate surface area is 269 Å². The van der Waals surface area contributed by atoms with Crippen LogP contribution in [0.3, 0.4) is 0 Å². The van der Waals surface area contributed by atoms with Crippen molar-refractivity contribution < 1.29 is 18.0 Å². The largest absolute Gasteiger partial charge is 0.354 e. The zero-order chi connectivity index (χ0) is 31.5. The van der Waals surface area contributed by atoms with E-state index in [1.807, 2.05) is 68.4 Å². The molecule has 2 amide bonds. The summed E-state index contributed by atoms with van der Waals surface area (Å²) in [4.78, 5) is 29.8. The fourth-order valence-corrected chi connectivity index (χ4v) is 6.49. The molecule has 44 heavy (non-hydrogen) atoms. The highest BCUT2D eigenvalue weighted by Gasteiger charge is 2.34. The van der Waals surface area contributed by atoms with E-state index in [4.69, 9.17) is 0 Å². The lowest BCUT2D eigenvalue weighted by atomic mass is 10.0. The van der Waals surface area contributed by atoms with E-state index >= 15 is 0 Å². The summed E-state index contributed by atoms with van der Waals surface area (Å²) >= 11 is 3.46. The molecule has 0 aliphatic heterocycles. The number of aryl methyl sites for hydroxylation is 1. The van der Waals surface area contributed by atoms with Gasteiger partial charge in [0.05, 0.1) is 10.6 Å². The molecule has 9 heteroatoms. The maximum absolute atomic E-state index is 14.4. The number of amides is 2. The predicted octanol–water partition coefficient (Wildman–Crippen LogP) is 6.51. The van der Waals surface area contributed by atoms with Crippen LogP contribution in [0.4, 0.5) is 5.69 Å². The lowest BCUT2D eigenvalue weighted by Gasteiger charge is -2.34. The Morgan fingerprint density at radius 2 is 1.43 bits per heavy atom. The van der Waals surface area contributed by atoms with E-state index in [2.05, 4.69) is 21.2 Å². The van der Waals surface area contributed by atoms with Crippen molar-refractivity contribution in [3.8, 4) is 0 Å². The highest BCUT2D eigenvalue weighted by Crippen LogP contribution is 2.25. The van der Waals surface area contributed by atoms with Gasteiger partial charge in [0.1, 0.15) is 12.6 Å². The van der Waals surface area contributed by atoms with Crippen molar-refractivity contribution in [2.45, 2.75) is 50.6 Å². The summed E-state index contributed by atoms with van der Waals surface area (Å²) in [7, 11) is -4.12. The molecule has 0 aliphatic carbocycles. The van der Waals surface area contributed by atoms with Crippen molar-refractivity contribution in [1.82, 2.24) is 10.2 Å². The molecular formula is C35H38BrN3O4S. The summed E-state index contributed by atoms with van der Waals surface area (Å²) in [5.41, 5.74) is 2.99. The summed E-state index contributed by atoms with van der Waals surface area (Å²) in [6, 6.07) is 31.3. The Kier molecular flexibility index (Phi) is 11.7. The fraction of sp³-hybridized carbons (Fsp3) is 0.257. The normalized spacial score (nSPS) is 11.9. The van der Waals surface area contributed by atoms with Gasteiger partial charge in [-0.2, -0.15) is 0 Å². The number of para-hydroxylation sites is 1. The van der Waals surface area contributed by atoms with Crippen molar-refractivity contribution in [3.05, 3.63) is 130 Å². The monoisotopic (exact) mass is 675 g/mol. The maximum Gasteiger partial charge on any atom is 0.264 e. The Morgan fingerprint density at radius 3 is 2.05 bits per heavy atom. The molecule has 0 radical (unpaired) electrons. The standard InChI is InChI=1S/C35H38BrN3O4S/c1-3-4-23-37-35(41)33(24-28-11-7-5-8-12-28)38(25-29-17-19-30(36)20-18-29)34(40)26-39(31-13-9-6-10-14-31)44(42,43)32-21-15-27(2)16-22-32/h5-22,33H,3-4,23-26H2,1-2H3,(H,37,41)/t33-/m1/s1. The Hall–Kier alpha value is -3.95. The summed E-state index contributed by atoms with van der Waals surface area (Å²) in [5, 5.41) is 3.01. The smallest absolute Gasteiger partial charge is 0.264 e. The fourth-order valence-electron chi connectivity index (χ4n) is 4.81. The average Bonchev–Trinajstić information content (AvgIpc) is 3.03. The molecule has 0 fully saturated rings. The molecule has 4 aromatic rings. The number of anilines is 1. The van der Waals surface area contributed by atoms with E-state index in [9.17, 15) is 18.0 Å². The van der Waals surface area contributed by atoms with Crippen LogP contribution < -0.4 is 9.62 Å². The van der Waals surface area contributed by atoms with E-state index in [-0.39, 0.29) is 23.8 Å². The number of sulfonamides is 1. The second kappa shape index (κ2) is 15.7. The van der Waals surface area contributed by atoms with Gasteiger partial charge in [-0.05, 0) is 60.9 Å². The highest BCUT2D eigenvalue weighted by atomic mass is 79.9. The molecule has 4 aromatic carbocycles. The van der Waals surface area contributed by atoms with Gasteiger partial charge in [-0.25, -0.2) is 8.42 Å².